The summed E-state index contributed by atoms with van der Waals surface area (Å²) in [4.78, 5) is 10.7. The molecular formula is C13H16O4. The van der Waals surface area contributed by atoms with Crippen molar-refractivity contribution in [2.45, 2.75) is 32.3 Å². The van der Waals surface area contributed by atoms with Crippen molar-refractivity contribution in [1.82, 2.24) is 0 Å². The van der Waals surface area contributed by atoms with Gasteiger partial charge in [-0.3, -0.25) is 4.79 Å². The average molecular weight is 236 g/mol. The number of ether oxygens (including phenoxy) is 3. The summed E-state index contributed by atoms with van der Waals surface area (Å²) in [6.07, 6.45) is 0.153. The molecule has 1 unspecified atom stereocenters. The van der Waals surface area contributed by atoms with E-state index in [9.17, 15) is 4.79 Å². The van der Waals surface area contributed by atoms with Crippen molar-refractivity contribution in [3.63, 3.8) is 0 Å². The fraction of sp³-hybridized carbons (Fsp3) is 0.462. The monoisotopic (exact) mass is 236 g/mol. The highest BCUT2D eigenvalue weighted by molar-refractivity contribution is 5.66. The van der Waals surface area contributed by atoms with Gasteiger partial charge in [0, 0.05) is 13.3 Å². The van der Waals surface area contributed by atoms with Crippen LogP contribution in [0.1, 0.15) is 18.9 Å². The van der Waals surface area contributed by atoms with Gasteiger partial charge in [-0.15, -0.1) is 0 Å². The summed E-state index contributed by atoms with van der Waals surface area (Å²) >= 11 is 0. The van der Waals surface area contributed by atoms with Crippen molar-refractivity contribution in [3.05, 3.63) is 35.9 Å². The lowest BCUT2D eigenvalue weighted by Gasteiger charge is -2.10. The van der Waals surface area contributed by atoms with E-state index < -0.39 is 6.29 Å². The van der Waals surface area contributed by atoms with Gasteiger partial charge in [-0.05, 0) is 5.56 Å². The van der Waals surface area contributed by atoms with E-state index in [0.717, 1.165) is 5.56 Å². The van der Waals surface area contributed by atoms with Crippen molar-refractivity contribution in [2.24, 2.45) is 0 Å². The summed E-state index contributed by atoms with van der Waals surface area (Å²) in [5, 5.41) is 0. The van der Waals surface area contributed by atoms with Gasteiger partial charge < -0.3 is 14.2 Å². The molecule has 0 spiro atoms. The predicted molar refractivity (Wildman–Crippen MR) is 61.1 cm³/mol. The van der Waals surface area contributed by atoms with Gasteiger partial charge in [-0.25, -0.2) is 0 Å². The minimum Gasteiger partial charge on any atom is -0.436 e. The van der Waals surface area contributed by atoms with Crippen LogP contribution in [0.25, 0.3) is 0 Å². The van der Waals surface area contributed by atoms with Gasteiger partial charge in [0.15, 0.2) is 0 Å². The lowest BCUT2D eigenvalue weighted by Crippen LogP contribution is -2.16. The van der Waals surface area contributed by atoms with Crippen molar-refractivity contribution in [2.75, 3.05) is 6.61 Å². The second kappa shape index (κ2) is 5.80. The molecule has 1 saturated heterocycles. The SMILES string of the molecule is CC(=O)OC1C[C@H](OCc2ccccc2)CO1. The molecule has 1 aromatic rings. The molecular weight excluding hydrogens is 220 g/mol. The molecule has 0 amide bonds. The number of carbonyl (C=O) groups excluding carboxylic acids is 1. The van der Waals surface area contributed by atoms with Crippen molar-refractivity contribution in [1.29, 1.82) is 0 Å². The highest BCUT2D eigenvalue weighted by Crippen LogP contribution is 2.18. The van der Waals surface area contributed by atoms with Crippen LogP contribution >= 0.6 is 0 Å². The number of benzene rings is 1. The Balaban J connectivity index is 1.73. The molecule has 0 aromatic heterocycles. The Morgan fingerprint density at radius 2 is 2.18 bits per heavy atom. The van der Waals surface area contributed by atoms with Gasteiger partial charge in [-0.1, -0.05) is 30.3 Å². The maximum Gasteiger partial charge on any atom is 0.304 e. The maximum absolute atomic E-state index is 10.7. The molecule has 17 heavy (non-hydrogen) atoms. The van der Waals surface area contributed by atoms with Gasteiger partial charge in [0.25, 0.3) is 0 Å². The third-order valence-electron chi connectivity index (χ3n) is 2.55. The number of hydrogen-bond donors (Lipinski definition) is 0. The van der Waals surface area contributed by atoms with Crippen molar-refractivity contribution in [3.8, 4) is 0 Å². The molecule has 2 atom stereocenters. The number of carbonyl (C=O) groups is 1. The standard InChI is InChI=1S/C13H16O4/c1-10(14)17-13-7-12(9-16-13)15-8-11-5-3-2-4-6-11/h2-6,12-13H,7-9H2,1H3/t12-,13?/m0/s1. The van der Waals surface area contributed by atoms with Crippen LogP contribution in [-0.4, -0.2) is 25.0 Å². The second-order valence-electron chi connectivity index (χ2n) is 4.03. The number of rotatable bonds is 4. The van der Waals surface area contributed by atoms with Gasteiger partial charge in [0.05, 0.1) is 19.3 Å². The quantitative estimate of drug-likeness (QED) is 0.749. The summed E-state index contributed by atoms with van der Waals surface area (Å²) in [5.74, 6) is -0.321. The first kappa shape index (κ1) is 12.1. The Bertz CT molecular complexity index is 363. The molecule has 0 radical (unpaired) electrons. The molecule has 4 nitrogen and oxygen atoms in total. The zero-order valence-electron chi connectivity index (χ0n) is 9.80. The van der Waals surface area contributed by atoms with E-state index in [1.807, 2.05) is 30.3 Å². The molecule has 1 heterocycles. The van der Waals surface area contributed by atoms with E-state index in [-0.39, 0.29) is 12.1 Å². The molecule has 1 aromatic carbocycles. The Hall–Kier alpha value is -1.39. The molecule has 0 saturated carbocycles. The van der Waals surface area contributed by atoms with Crippen LogP contribution < -0.4 is 0 Å². The smallest absolute Gasteiger partial charge is 0.304 e. The van der Waals surface area contributed by atoms with Crippen LogP contribution in [0.5, 0.6) is 0 Å². The van der Waals surface area contributed by atoms with Crippen LogP contribution in [0.4, 0.5) is 0 Å². The minimum atomic E-state index is -0.451. The van der Waals surface area contributed by atoms with Gasteiger partial charge in [0.1, 0.15) is 0 Å². The highest BCUT2D eigenvalue weighted by Gasteiger charge is 2.28. The fourth-order valence-electron chi connectivity index (χ4n) is 1.74. The zero-order chi connectivity index (χ0) is 12.1. The second-order valence-corrected chi connectivity index (χ2v) is 4.03. The molecule has 4 heteroatoms. The first-order valence-corrected chi connectivity index (χ1v) is 5.68. The van der Waals surface area contributed by atoms with Crippen molar-refractivity contribution >= 4 is 5.97 Å². The fourth-order valence-corrected chi connectivity index (χ4v) is 1.74. The average Bonchev–Trinajstić information content (AvgIpc) is 2.75. The molecule has 2 rings (SSSR count). The summed E-state index contributed by atoms with van der Waals surface area (Å²) in [6, 6.07) is 9.95. The minimum absolute atomic E-state index is 0.000411. The summed E-state index contributed by atoms with van der Waals surface area (Å²) < 4.78 is 15.9. The van der Waals surface area contributed by atoms with Gasteiger partial charge in [-0.2, -0.15) is 0 Å². The lowest BCUT2D eigenvalue weighted by atomic mass is 10.2. The van der Waals surface area contributed by atoms with E-state index in [2.05, 4.69) is 0 Å². The number of hydrogen-bond acceptors (Lipinski definition) is 4. The van der Waals surface area contributed by atoms with E-state index >= 15 is 0 Å². The molecule has 92 valence electrons. The number of esters is 1. The van der Waals surface area contributed by atoms with E-state index in [1.165, 1.54) is 6.92 Å². The van der Waals surface area contributed by atoms with Crippen LogP contribution in [0, 0.1) is 0 Å². The summed E-state index contributed by atoms with van der Waals surface area (Å²) in [6.45, 7) is 2.41. The molecule has 1 aliphatic heterocycles. The highest BCUT2D eigenvalue weighted by atomic mass is 16.7. The predicted octanol–water partition coefficient (Wildman–Crippen LogP) is 1.88. The normalized spacial score (nSPS) is 23.6. The van der Waals surface area contributed by atoms with Gasteiger partial charge in [0.2, 0.25) is 6.29 Å². The topological polar surface area (TPSA) is 44.8 Å². The van der Waals surface area contributed by atoms with Crippen LogP contribution in [-0.2, 0) is 25.6 Å². The van der Waals surface area contributed by atoms with E-state index in [1.54, 1.807) is 0 Å². The largest absolute Gasteiger partial charge is 0.436 e. The molecule has 1 aliphatic rings. The zero-order valence-corrected chi connectivity index (χ0v) is 9.80. The van der Waals surface area contributed by atoms with Crippen LogP contribution in [0.3, 0.4) is 0 Å². The third kappa shape index (κ3) is 3.84. The van der Waals surface area contributed by atoms with Crippen LogP contribution in [0.2, 0.25) is 0 Å². The maximum atomic E-state index is 10.7. The molecule has 0 aliphatic carbocycles. The Morgan fingerprint density at radius 1 is 1.41 bits per heavy atom. The van der Waals surface area contributed by atoms with Gasteiger partial charge >= 0.3 is 5.97 Å². The van der Waals surface area contributed by atoms with E-state index in [0.29, 0.717) is 19.6 Å². The Labute approximate surface area is 100 Å². The molecule has 1 fully saturated rings. The first-order chi connectivity index (χ1) is 8.24. The van der Waals surface area contributed by atoms with Crippen molar-refractivity contribution < 1.29 is 19.0 Å². The third-order valence-corrected chi connectivity index (χ3v) is 2.55. The molecule has 0 N–H and O–H groups in total. The first-order valence-electron chi connectivity index (χ1n) is 5.68. The Morgan fingerprint density at radius 3 is 2.88 bits per heavy atom. The summed E-state index contributed by atoms with van der Waals surface area (Å²) in [5.41, 5.74) is 1.13. The lowest BCUT2D eigenvalue weighted by molar-refractivity contribution is -0.166. The Kier molecular flexibility index (Phi) is 4.12. The van der Waals surface area contributed by atoms with Crippen LogP contribution in [0.15, 0.2) is 30.3 Å². The molecule has 0 bridgehead atoms. The summed E-state index contributed by atoms with van der Waals surface area (Å²) in [7, 11) is 0. The van der Waals surface area contributed by atoms with E-state index in [4.69, 9.17) is 14.2 Å².